The monoisotopic (exact) mass is 367 g/mol. The molecule has 0 saturated heterocycles. The van der Waals surface area contributed by atoms with Crippen molar-refractivity contribution in [3.8, 4) is 17.0 Å². The van der Waals surface area contributed by atoms with E-state index in [4.69, 9.17) is 5.73 Å². The molecule has 0 aliphatic carbocycles. The van der Waals surface area contributed by atoms with Crippen LogP contribution in [0.3, 0.4) is 0 Å². The van der Waals surface area contributed by atoms with Crippen molar-refractivity contribution >= 4 is 28.8 Å². The number of aryl methyl sites for hydroxylation is 1. The number of thiazole rings is 1. The number of carbonyl (C=O) groups is 2. The van der Waals surface area contributed by atoms with Crippen molar-refractivity contribution in [3.63, 3.8) is 0 Å². The van der Waals surface area contributed by atoms with Crippen LogP contribution in [0.15, 0.2) is 47.8 Å². The summed E-state index contributed by atoms with van der Waals surface area (Å²) >= 11 is 1.36. The fourth-order valence-corrected chi connectivity index (χ4v) is 3.26. The third-order valence-electron chi connectivity index (χ3n) is 3.84. The Bertz CT molecular complexity index is 982. The van der Waals surface area contributed by atoms with E-state index in [1.54, 1.807) is 11.4 Å². The van der Waals surface area contributed by atoms with Crippen LogP contribution < -0.4 is 11.1 Å². The van der Waals surface area contributed by atoms with Gasteiger partial charge in [0.05, 0.1) is 17.7 Å². The Morgan fingerprint density at radius 2 is 2.00 bits per heavy atom. The lowest BCUT2D eigenvalue weighted by Gasteiger charge is -2.06. The van der Waals surface area contributed by atoms with Crippen molar-refractivity contribution in [2.45, 2.75) is 13.3 Å². The standard InChI is InChI=1S/C19H17N3O3S/c1-11-4-2-3-5-14(11)21-17(24)9-18-22-15(10-26-18)12-6-7-16(23)13(8-12)19(20)25/h2-8,10,23H,9H2,1H3,(H2,20,25)(H,21,24). The van der Waals surface area contributed by atoms with Crippen molar-refractivity contribution < 1.29 is 14.7 Å². The lowest BCUT2D eigenvalue weighted by Crippen LogP contribution is -2.15. The van der Waals surface area contributed by atoms with Gasteiger partial charge in [0.2, 0.25) is 5.91 Å². The van der Waals surface area contributed by atoms with E-state index in [1.807, 2.05) is 31.2 Å². The number of amides is 2. The fraction of sp³-hybridized carbons (Fsp3) is 0.105. The van der Waals surface area contributed by atoms with Crippen LogP contribution in [0.5, 0.6) is 5.75 Å². The molecule has 2 aromatic carbocycles. The first kappa shape index (κ1) is 17.6. The highest BCUT2D eigenvalue weighted by molar-refractivity contribution is 7.10. The molecule has 1 aromatic heterocycles. The Balaban J connectivity index is 1.74. The average Bonchev–Trinajstić information content (AvgIpc) is 3.05. The summed E-state index contributed by atoms with van der Waals surface area (Å²) in [5.74, 6) is -1.03. The molecule has 0 saturated carbocycles. The molecule has 1 heterocycles. The van der Waals surface area contributed by atoms with Gasteiger partial charge < -0.3 is 16.2 Å². The van der Waals surface area contributed by atoms with Gasteiger partial charge >= 0.3 is 0 Å². The van der Waals surface area contributed by atoms with Crippen LogP contribution in [0.1, 0.15) is 20.9 Å². The van der Waals surface area contributed by atoms with Gasteiger partial charge in [-0.3, -0.25) is 9.59 Å². The van der Waals surface area contributed by atoms with Gasteiger partial charge in [0.25, 0.3) is 5.91 Å². The van der Waals surface area contributed by atoms with E-state index in [2.05, 4.69) is 10.3 Å². The van der Waals surface area contributed by atoms with E-state index in [0.29, 0.717) is 16.3 Å². The number of hydrogen-bond acceptors (Lipinski definition) is 5. The van der Waals surface area contributed by atoms with Crippen LogP contribution in [-0.2, 0) is 11.2 Å². The molecule has 0 atom stereocenters. The number of benzene rings is 2. The smallest absolute Gasteiger partial charge is 0.252 e. The van der Waals surface area contributed by atoms with E-state index in [1.165, 1.54) is 23.5 Å². The maximum Gasteiger partial charge on any atom is 0.252 e. The van der Waals surface area contributed by atoms with Gasteiger partial charge in [0.15, 0.2) is 0 Å². The number of primary amides is 1. The molecular formula is C19H17N3O3S. The number of nitrogens with one attached hydrogen (secondary N) is 1. The molecule has 132 valence electrons. The number of phenols is 1. The zero-order valence-corrected chi connectivity index (χ0v) is 14.8. The van der Waals surface area contributed by atoms with Crippen LogP contribution >= 0.6 is 11.3 Å². The largest absolute Gasteiger partial charge is 0.507 e. The van der Waals surface area contributed by atoms with E-state index < -0.39 is 5.91 Å². The summed E-state index contributed by atoms with van der Waals surface area (Å²) < 4.78 is 0. The van der Waals surface area contributed by atoms with Gasteiger partial charge in [0.1, 0.15) is 10.8 Å². The minimum atomic E-state index is -0.711. The number of rotatable bonds is 5. The molecule has 6 nitrogen and oxygen atoms in total. The maximum absolute atomic E-state index is 12.2. The molecule has 2 amide bonds. The van der Waals surface area contributed by atoms with Gasteiger partial charge in [-0.2, -0.15) is 0 Å². The Hall–Kier alpha value is -3.19. The number of aromatic nitrogens is 1. The number of hydrogen-bond donors (Lipinski definition) is 3. The van der Waals surface area contributed by atoms with Crippen molar-refractivity contribution in [2.75, 3.05) is 5.32 Å². The lowest BCUT2D eigenvalue weighted by atomic mass is 10.1. The summed E-state index contributed by atoms with van der Waals surface area (Å²) in [5.41, 5.74) is 8.32. The molecular weight excluding hydrogens is 350 g/mol. The van der Waals surface area contributed by atoms with Crippen LogP contribution in [0.25, 0.3) is 11.3 Å². The second kappa shape index (κ2) is 7.37. The highest BCUT2D eigenvalue weighted by Crippen LogP contribution is 2.27. The molecule has 0 aliphatic heterocycles. The summed E-state index contributed by atoms with van der Waals surface area (Å²) in [7, 11) is 0. The summed E-state index contributed by atoms with van der Waals surface area (Å²) in [6.45, 7) is 1.93. The van der Waals surface area contributed by atoms with Crippen molar-refractivity contribution in [1.82, 2.24) is 4.98 Å². The normalized spacial score (nSPS) is 10.5. The molecule has 4 N–H and O–H groups in total. The molecule has 7 heteroatoms. The molecule has 3 rings (SSSR count). The first-order chi connectivity index (χ1) is 12.4. The van der Waals surface area contributed by atoms with E-state index in [0.717, 1.165) is 11.3 Å². The molecule has 0 spiro atoms. The fourth-order valence-electron chi connectivity index (χ4n) is 2.46. The van der Waals surface area contributed by atoms with Crippen LogP contribution in [0, 0.1) is 6.92 Å². The van der Waals surface area contributed by atoms with Gasteiger partial charge in [-0.05, 0) is 36.8 Å². The number of para-hydroxylation sites is 1. The summed E-state index contributed by atoms with van der Waals surface area (Å²) in [6, 6.07) is 12.1. The zero-order valence-electron chi connectivity index (χ0n) is 14.0. The Morgan fingerprint density at radius 3 is 2.73 bits per heavy atom. The molecule has 0 unspecified atom stereocenters. The second-order valence-corrected chi connectivity index (χ2v) is 6.71. The quantitative estimate of drug-likeness (QED) is 0.644. The topological polar surface area (TPSA) is 105 Å². The third kappa shape index (κ3) is 3.89. The molecule has 0 aliphatic rings. The Kier molecular flexibility index (Phi) is 4.99. The van der Waals surface area contributed by atoms with Gasteiger partial charge in [-0.1, -0.05) is 18.2 Å². The zero-order chi connectivity index (χ0) is 18.7. The molecule has 3 aromatic rings. The number of aromatic hydroxyl groups is 1. The minimum Gasteiger partial charge on any atom is -0.507 e. The average molecular weight is 367 g/mol. The SMILES string of the molecule is Cc1ccccc1NC(=O)Cc1nc(-c2ccc(O)c(C(N)=O)c2)cs1. The van der Waals surface area contributed by atoms with Crippen molar-refractivity contribution in [1.29, 1.82) is 0 Å². The number of nitrogens with two attached hydrogens (primary N) is 1. The molecule has 0 bridgehead atoms. The molecule has 0 fully saturated rings. The van der Waals surface area contributed by atoms with Gasteiger partial charge in [-0.15, -0.1) is 11.3 Å². The highest BCUT2D eigenvalue weighted by atomic mass is 32.1. The number of nitrogens with zero attached hydrogens (tertiary/aromatic N) is 1. The molecule has 26 heavy (non-hydrogen) atoms. The second-order valence-electron chi connectivity index (χ2n) is 5.76. The van der Waals surface area contributed by atoms with Crippen LogP contribution in [-0.4, -0.2) is 21.9 Å². The number of anilines is 1. The maximum atomic E-state index is 12.2. The van der Waals surface area contributed by atoms with E-state index >= 15 is 0 Å². The summed E-state index contributed by atoms with van der Waals surface area (Å²) in [6.07, 6.45) is 0.153. The first-order valence-electron chi connectivity index (χ1n) is 7.87. The van der Waals surface area contributed by atoms with Gasteiger partial charge in [-0.25, -0.2) is 4.98 Å². The van der Waals surface area contributed by atoms with Crippen molar-refractivity contribution in [2.24, 2.45) is 5.73 Å². The predicted molar refractivity (Wildman–Crippen MR) is 101 cm³/mol. The lowest BCUT2D eigenvalue weighted by molar-refractivity contribution is -0.115. The van der Waals surface area contributed by atoms with E-state index in [-0.39, 0.29) is 23.6 Å². The number of carbonyl (C=O) groups excluding carboxylic acids is 2. The predicted octanol–water partition coefficient (Wildman–Crippen LogP) is 3.10. The summed E-state index contributed by atoms with van der Waals surface area (Å²) in [5, 5.41) is 15.0. The Morgan fingerprint density at radius 1 is 1.23 bits per heavy atom. The van der Waals surface area contributed by atoms with Crippen molar-refractivity contribution in [3.05, 3.63) is 64.0 Å². The first-order valence-corrected chi connectivity index (χ1v) is 8.75. The Labute approximate surface area is 154 Å². The third-order valence-corrected chi connectivity index (χ3v) is 4.69. The molecule has 0 radical (unpaired) electrons. The minimum absolute atomic E-state index is 0.0364. The van der Waals surface area contributed by atoms with Gasteiger partial charge in [0, 0.05) is 16.6 Å². The summed E-state index contributed by atoms with van der Waals surface area (Å²) in [4.78, 5) is 28.0. The van der Waals surface area contributed by atoms with Crippen LogP contribution in [0.2, 0.25) is 0 Å². The van der Waals surface area contributed by atoms with Crippen LogP contribution in [0.4, 0.5) is 5.69 Å². The van der Waals surface area contributed by atoms with E-state index in [9.17, 15) is 14.7 Å². The highest BCUT2D eigenvalue weighted by Gasteiger charge is 2.13.